The molecular weight excluding hydrogens is 268 g/mol. The average Bonchev–Trinajstić information content (AvgIpc) is 2.40. The van der Waals surface area contributed by atoms with Gasteiger partial charge >= 0.3 is 12.0 Å². The number of carboxylic acids is 1. The highest BCUT2D eigenvalue weighted by atomic mass is 16.4. The van der Waals surface area contributed by atoms with Crippen molar-refractivity contribution < 1.29 is 14.7 Å². The fourth-order valence-electron chi connectivity index (χ4n) is 2.14. The summed E-state index contributed by atoms with van der Waals surface area (Å²) in [6.45, 7) is 5.91. The van der Waals surface area contributed by atoms with E-state index in [1.54, 1.807) is 0 Å². The van der Waals surface area contributed by atoms with Crippen molar-refractivity contribution in [3.8, 4) is 0 Å². The second-order valence-electron chi connectivity index (χ2n) is 5.53. The predicted molar refractivity (Wildman–Crippen MR) is 83.5 cm³/mol. The molecule has 1 aromatic carbocycles. The molecule has 0 saturated carbocycles. The quantitative estimate of drug-likeness (QED) is 0.721. The molecule has 2 amide bonds. The Hall–Kier alpha value is -2.04. The summed E-state index contributed by atoms with van der Waals surface area (Å²) in [5.41, 5.74) is 1.77. The van der Waals surface area contributed by atoms with Gasteiger partial charge in [-0.15, -0.1) is 0 Å². The Morgan fingerprint density at radius 2 is 1.90 bits per heavy atom. The first-order valence-corrected chi connectivity index (χ1v) is 7.32. The first-order chi connectivity index (χ1) is 9.93. The molecule has 1 atom stereocenters. The van der Waals surface area contributed by atoms with Gasteiger partial charge in [-0.3, -0.25) is 0 Å². The maximum absolute atomic E-state index is 12.0. The first-order valence-electron chi connectivity index (χ1n) is 7.32. The zero-order valence-electron chi connectivity index (χ0n) is 12.8. The lowest BCUT2D eigenvalue weighted by molar-refractivity contribution is -0.139. The molecule has 0 spiro atoms. The number of nitrogens with one attached hydrogen (secondary N) is 2. The number of rotatable bonds is 7. The van der Waals surface area contributed by atoms with Crippen LogP contribution in [0.1, 0.15) is 39.2 Å². The van der Waals surface area contributed by atoms with Gasteiger partial charge in [0, 0.05) is 5.69 Å². The third kappa shape index (κ3) is 5.85. The summed E-state index contributed by atoms with van der Waals surface area (Å²) in [4.78, 5) is 23.1. The number of amides is 2. The third-order valence-corrected chi connectivity index (χ3v) is 3.10. The molecule has 116 valence electrons. The zero-order chi connectivity index (χ0) is 15.8. The topological polar surface area (TPSA) is 78.4 Å². The number of para-hydroxylation sites is 1. The van der Waals surface area contributed by atoms with Crippen LogP contribution in [0, 0.1) is 5.92 Å². The molecule has 0 aliphatic rings. The van der Waals surface area contributed by atoms with Crippen LogP contribution in [-0.4, -0.2) is 23.1 Å². The number of aryl methyl sites for hydroxylation is 1. The number of hydrogen-bond donors (Lipinski definition) is 3. The van der Waals surface area contributed by atoms with Crippen molar-refractivity contribution in [2.24, 2.45) is 5.92 Å². The van der Waals surface area contributed by atoms with Crippen LogP contribution in [0.4, 0.5) is 10.5 Å². The van der Waals surface area contributed by atoms with Crippen molar-refractivity contribution in [2.75, 3.05) is 5.32 Å². The summed E-state index contributed by atoms with van der Waals surface area (Å²) >= 11 is 0. The molecule has 0 fully saturated rings. The largest absolute Gasteiger partial charge is 0.480 e. The van der Waals surface area contributed by atoms with E-state index >= 15 is 0 Å². The molecule has 1 aromatic rings. The molecule has 0 radical (unpaired) electrons. The van der Waals surface area contributed by atoms with Crippen LogP contribution in [0.3, 0.4) is 0 Å². The molecule has 0 saturated heterocycles. The van der Waals surface area contributed by atoms with Crippen LogP contribution in [0.25, 0.3) is 0 Å². The van der Waals surface area contributed by atoms with E-state index in [0.717, 1.165) is 24.1 Å². The summed E-state index contributed by atoms with van der Waals surface area (Å²) in [5.74, 6) is -0.820. The number of carboxylic acid groups (broad SMARTS) is 1. The molecule has 3 N–H and O–H groups in total. The lowest BCUT2D eigenvalue weighted by Gasteiger charge is -2.18. The van der Waals surface area contributed by atoms with Crippen molar-refractivity contribution in [2.45, 2.75) is 46.1 Å². The fraction of sp³-hybridized carbons (Fsp3) is 0.500. The van der Waals surface area contributed by atoms with Crippen molar-refractivity contribution in [3.05, 3.63) is 29.8 Å². The minimum absolute atomic E-state index is 0.193. The molecule has 0 aliphatic heterocycles. The van der Waals surface area contributed by atoms with Crippen molar-refractivity contribution in [1.82, 2.24) is 5.32 Å². The first kappa shape index (κ1) is 17.0. The molecule has 0 aromatic heterocycles. The van der Waals surface area contributed by atoms with Gasteiger partial charge in [-0.1, -0.05) is 45.4 Å². The highest BCUT2D eigenvalue weighted by Gasteiger charge is 2.21. The number of carbonyl (C=O) groups excluding carboxylic acids is 1. The fourth-order valence-corrected chi connectivity index (χ4v) is 2.14. The number of hydrogen-bond acceptors (Lipinski definition) is 2. The highest BCUT2D eigenvalue weighted by Crippen LogP contribution is 2.16. The number of aliphatic carboxylic acids is 1. The van der Waals surface area contributed by atoms with E-state index < -0.39 is 18.0 Å². The van der Waals surface area contributed by atoms with Crippen LogP contribution < -0.4 is 10.6 Å². The Balaban J connectivity index is 2.70. The molecular formula is C16H24N2O3. The van der Waals surface area contributed by atoms with Gasteiger partial charge in [0.1, 0.15) is 6.04 Å². The van der Waals surface area contributed by atoms with Crippen LogP contribution in [0.5, 0.6) is 0 Å². The predicted octanol–water partition coefficient (Wildman–Crippen LogP) is 3.26. The monoisotopic (exact) mass is 292 g/mol. The number of anilines is 1. The van der Waals surface area contributed by atoms with Gasteiger partial charge in [-0.25, -0.2) is 9.59 Å². The van der Waals surface area contributed by atoms with Gasteiger partial charge in [-0.05, 0) is 30.4 Å². The van der Waals surface area contributed by atoms with Gasteiger partial charge in [0.25, 0.3) is 0 Å². The summed E-state index contributed by atoms with van der Waals surface area (Å²) < 4.78 is 0. The Morgan fingerprint density at radius 1 is 1.24 bits per heavy atom. The highest BCUT2D eigenvalue weighted by molar-refractivity contribution is 5.92. The second kappa shape index (κ2) is 8.29. The summed E-state index contributed by atoms with van der Waals surface area (Å²) in [5, 5.41) is 14.4. The minimum atomic E-state index is -1.01. The Labute approximate surface area is 125 Å². The van der Waals surface area contributed by atoms with E-state index in [1.807, 2.05) is 38.1 Å². The van der Waals surface area contributed by atoms with Gasteiger partial charge in [-0.2, -0.15) is 0 Å². The van der Waals surface area contributed by atoms with E-state index in [9.17, 15) is 9.59 Å². The van der Waals surface area contributed by atoms with Crippen LogP contribution in [0.2, 0.25) is 0 Å². The molecule has 21 heavy (non-hydrogen) atoms. The summed E-state index contributed by atoms with van der Waals surface area (Å²) in [6.07, 6.45) is 2.25. The number of benzene rings is 1. The lowest BCUT2D eigenvalue weighted by atomic mass is 10.0. The van der Waals surface area contributed by atoms with Gasteiger partial charge in [0.15, 0.2) is 0 Å². The van der Waals surface area contributed by atoms with Gasteiger partial charge < -0.3 is 15.7 Å². The van der Waals surface area contributed by atoms with Crippen LogP contribution in [-0.2, 0) is 11.2 Å². The minimum Gasteiger partial charge on any atom is -0.480 e. The Morgan fingerprint density at radius 3 is 2.48 bits per heavy atom. The molecule has 1 unspecified atom stereocenters. The van der Waals surface area contributed by atoms with Gasteiger partial charge in [0.05, 0.1) is 0 Å². The second-order valence-corrected chi connectivity index (χ2v) is 5.53. The molecule has 5 nitrogen and oxygen atoms in total. The van der Waals surface area contributed by atoms with Crippen molar-refractivity contribution in [1.29, 1.82) is 0 Å². The van der Waals surface area contributed by atoms with E-state index in [-0.39, 0.29) is 5.92 Å². The van der Waals surface area contributed by atoms with E-state index in [2.05, 4.69) is 17.6 Å². The Bertz CT molecular complexity index is 486. The third-order valence-electron chi connectivity index (χ3n) is 3.10. The van der Waals surface area contributed by atoms with Crippen molar-refractivity contribution in [3.63, 3.8) is 0 Å². The summed E-state index contributed by atoms with van der Waals surface area (Å²) in [7, 11) is 0. The SMILES string of the molecule is CCCc1ccccc1NC(=O)NC(CC(C)C)C(=O)O. The molecule has 5 heteroatoms. The maximum Gasteiger partial charge on any atom is 0.326 e. The van der Waals surface area contributed by atoms with Crippen LogP contribution in [0.15, 0.2) is 24.3 Å². The Kier molecular flexibility index (Phi) is 6.72. The van der Waals surface area contributed by atoms with E-state index in [1.165, 1.54) is 0 Å². The smallest absolute Gasteiger partial charge is 0.326 e. The molecule has 0 heterocycles. The summed E-state index contributed by atoms with van der Waals surface area (Å²) in [6, 6.07) is 6.20. The van der Waals surface area contributed by atoms with Gasteiger partial charge in [0.2, 0.25) is 0 Å². The number of urea groups is 1. The lowest BCUT2D eigenvalue weighted by Crippen LogP contribution is -2.43. The molecule has 0 aliphatic carbocycles. The number of carbonyl (C=O) groups is 2. The molecule has 0 bridgehead atoms. The van der Waals surface area contributed by atoms with E-state index in [4.69, 9.17) is 5.11 Å². The van der Waals surface area contributed by atoms with Crippen molar-refractivity contribution >= 4 is 17.7 Å². The standard InChI is InChI=1S/C16H24N2O3/c1-4-7-12-8-5-6-9-13(12)17-16(21)18-14(15(19)20)10-11(2)3/h5-6,8-9,11,14H,4,7,10H2,1-3H3,(H,19,20)(H2,17,18,21). The van der Waals surface area contributed by atoms with E-state index in [0.29, 0.717) is 6.42 Å². The zero-order valence-corrected chi connectivity index (χ0v) is 12.8. The maximum atomic E-state index is 12.0. The molecule has 1 rings (SSSR count). The van der Waals surface area contributed by atoms with Crippen LogP contribution >= 0.6 is 0 Å². The normalized spacial score (nSPS) is 12.0. The average molecular weight is 292 g/mol.